The van der Waals surface area contributed by atoms with Gasteiger partial charge in [0.1, 0.15) is 0 Å². The van der Waals surface area contributed by atoms with Gasteiger partial charge < -0.3 is 15.1 Å². The number of pyridine rings is 1. The summed E-state index contributed by atoms with van der Waals surface area (Å²) in [7, 11) is 2.03. The standard InChI is InChI=1S/C24H29Cl2N5O/c1-17-19(15-22(29(17)2)18-5-4-8-27-16-18)24(32)28-9-10-30-11-13-31(14-12-30)21-7-3-6-20(25)23(21)26/h3-8,15-17,19H,9-14H2,1-2H3,(H,28,32). The summed E-state index contributed by atoms with van der Waals surface area (Å²) >= 11 is 12.5. The van der Waals surface area contributed by atoms with Crippen LogP contribution in [0.3, 0.4) is 0 Å². The molecule has 2 unspecified atom stereocenters. The maximum absolute atomic E-state index is 12.9. The Balaban J connectivity index is 1.26. The lowest BCUT2D eigenvalue weighted by Crippen LogP contribution is -2.49. The van der Waals surface area contributed by atoms with Crippen LogP contribution in [0.25, 0.3) is 5.70 Å². The van der Waals surface area contributed by atoms with Crippen molar-refractivity contribution in [3.63, 3.8) is 0 Å². The minimum Gasteiger partial charge on any atom is -0.370 e. The van der Waals surface area contributed by atoms with Crippen LogP contribution in [0.1, 0.15) is 12.5 Å². The van der Waals surface area contributed by atoms with Crippen molar-refractivity contribution >= 4 is 40.5 Å². The maximum Gasteiger partial charge on any atom is 0.229 e. The minimum absolute atomic E-state index is 0.0765. The van der Waals surface area contributed by atoms with Crippen molar-refractivity contribution in [2.24, 2.45) is 5.92 Å². The molecule has 0 saturated carbocycles. The molecule has 1 N–H and O–H groups in total. The summed E-state index contributed by atoms with van der Waals surface area (Å²) in [5.74, 6) is -0.0930. The monoisotopic (exact) mass is 473 g/mol. The predicted octanol–water partition coefficient (Wildman–Crippen LogP) is 3.62. The van der Waals surface area contributed by atoms with Crippen LogP contribution in [0.4, 0.5) is 5.69 Å². The zero-order valence-electron chi connectivity index (χ0n) is 18.5. The first-order valence-corrected chi connectivity index (χ1v) is 11.8. The van der Waals surface area contributed by atoms with Crippen molar-refractivity contribution in [3.8, 4) is 0 Å². The van der Waals surface area contributed by atoms with Crippen LogP contribution in [-0.4, -0.2) is 73.0 Å². The number of halogens is 2. The van der Waals surface area contributed by atoms with E-state index in [1.807, 2.05) is 43.6 Å². The van der Waals surface area contributed by atoms with Crippen LogP contribution in [0.15, 0.2) is 48.8 Å². The first-order chi connectivity index (χ1) is 15.5. The zero-order valence-corrected chi connectivity index (χ0v) is 20.0. The van der Waals surface area contributed by atoms with Gasteiger partial charge in [0.05, 0.1) is 21.7 Å². The van der Waals surface area contributed by atoms with Gasteiger partial charge in [-0.3, -0.25) is 14.7 Å². The molecule has 1 amide bonds. The van der Waals surface area contributed by atoms with Crippen molar-refractivity contribution in [1.82, 2.24) is 20.1 Å². The third kappa shape index (κ3) is 4.87. The molecule has 2 aromatic rings. The Labute approximate surface area is 199 Å². The number of amides is 1. The lowest BCUT2D eigenvalue weighted by Gasteiger charge is -2.36. The van der Waals surface area contributed by atoms with E-state index in [0.717, 1.165) is 49.7 Å². The Kier molecular flexibility index (Phi) is 7.23. The Morgan fingerprint density at radius 2 is 1.94 bits per heavy atom. The highest BCUT2D eigenvalue weighted by Crippen LogP contribution is 2.33. The third-order valence-electron chi connectivity index (χ3n) is 6.48. The summed E-state index contributed by atoms with van der Waals surface area (Å²) in [5.41, 5.74) is 3.08. The van der Waals surface area contributed by atoms with Gasteiger partial charge in [0.15, 0.2) is 0 Å². The highest BCUT2D eigenvalue weighted by molar-refractivity contribution is 6.43. The Morgan fingerprint density at radius 3 is 2.66 bits per heavy atom. The first-order valence-electron chi connectivity index (χ1n) is 11.0. The molecule has 6 nitrogen and oxygen atoms in total. The summed E-state index contributed by atoms with van der Waals surface area (Å²) in [6.45, 7) is 7.17. The molecular weight excluding hydrogens is 445 g/mol. The second-order valence-corrected chi connectivity index (χ2v) is 9.15. The number of aromatic nitrogens is 1. The Bertz CT molecular complexity index is 976. The molecule has 2 aliphatic rings. The fourth-order valence-electron chi connectivity index (χ4n) is 4.40. The predicted molar refractivity (Wildman–Crippen MR) is 131 cm³/mol. The number of benzene rings is 1. The van der Waals surface area contributed by atoms with Crippen molar-refractivity contribution in [1.29, 1.82) is 0 Å². The summed E-state index contributed by atoms with van der Waals surface area (Å²) in [5, 5.41) is 4.33. The van der Waals surface area contributed by atoms with Crippen LogP contribution in [0, 0.1) is 5.92 Å². The topological polar surface area (TPSA) is 51.7 Å². The van der Waals surface area contributed by atoms with E-state index in [9.17, 15) is 4.79 Å². The number of carbonyl (C=O) groups excluding carboxylic acids is 1. The van der Waals surface area contributed by atoms with Gasteiger partial charge in [-0.15, -0.1) is 0 Å². The number of nitrogens with zero attached hydrogens (tertiary/aromatic N) is 4. The normalized spacial score (nSPS) is 21.6. The molecule has 0 bridgehead atoms. The molecule has 1 aromatic carbocycles. The average molecular weight is 474 g/mol. The highest BCUT2D eigenvalue weighted by Gasteiger charge is 2.34. The summed E-state index contributed by atoms with van der Waals surface area (Å²) < 4.78 is 0. The molecule has 0 spiro atoms. The number of anilines is 1. The van der Waals surface area contributed by atoms with Gasteiger partial charge in [-0.1, -0.05) is 29.3 Å². The van der Waals surface area contributed by atoms with Crippen molar-refractivity contribution < 1.29 is 4.79 Å². The first kappa shape index (κ1) is 22.9. The molecule has 0 aliphatic carbocycles. The molecular formula is C24H29Cl2N5O. The van der Waals surface area contributed by atoms with E-state index < -0.39 is 0 Å². The molecule has 2 aliphatic heterocycles. The molecule has 1 fully saturated rings. The van der Waals surface area contributed by atoms with E-state index in [1.54, 1.807) is 6.20 Å². The largest absolute Gasteiger partial charge is 0.370 e. The van der Waals surface area contributed by atoms with E-state index >= 15 is 0 Å². The van der Waals surface area contributed by atoms with Crippen LogP contribution >= 0.6 is 23.2 Å². The molecule has 2 atom stereocenters. The molecule has 32 heavy (non-hydrogen) atoms. The quantitative estimate of drug-likeness (QED) is 0.694. The number of hydrogen-bond donors (Lipinski definition) is 1. The number of carbonyl (C=O) groups is 1. The molecule has 1 saturated heterocycles. The van der Waals surface area contributed by atoms with Crippen LogP contribution < -0.4 is 10.2 Å². The number of rotatable bonds is 6. The lowest BCUT2D eigenvalue weighted by molar-refractivity contribution is -0.124. The van der Waals surface area contributed by atoms with E-state index in [4.69, 9.17) is 23.2 Å². The minimum atomic E-state index is -0.169. The average Bonchev–Trinajstić information content (AvgIpc) is 3.11. The van der Waals surface area contributed by atoms with Gasteiger partial charge in [-0.05, 0) is 37.3 Å². The summed E-state index contributed by atoms with van der Waals surface area (Å²) in [6.07, 6.45) is 5.66. The molecule has 170 valence electrons. The Hall–Kier alpha value is -2.28. The number of nitrogens with one attached hydrogen (secondary N) is 1. The molecule has 1 aromatic heterocycles. The summed E-state index contributed by atoms with van der Waals surface area (Å²) in [6, 6.07) is 9.81. The van der Waals surface area contributed by atoms with Crippen LogP contribution in [0.2, 0.25) is 10.0 Å². The SMILES string of the molecule is CC1C(C(=O)NCCN2CCN(c3cccc(Cl)c3Cl)CC2)C=C(c2cccnc2)N1C. The summed E-state index contributed by atoms with van der Waals surface area (Å²) in [4.78, 5) is 23.9. The van der Waals surface area contributed by atoms with Gasteiger partial charge in [0.2, 0.25) is 5.91 Å². The van der Waals surface area contributed by atoms with Gasteiger partial charge in [0, 0.05) is 76.0 Å². The fraction of sp³-hybridized carbons (Fsp3) is 0.417. The smallest absolute Gasteiger partial charge is 0.229 e. The molecule has 0 radical (unpaired) electrons. The molecule has 3 heterocycles. The van der Waals surface area contributed by atoms with E-state index in [2.05, 4.69) is 38.0 Å². The van der Waals surface area contributed by atoms with Gasteiger partial charge >= 0.3 is 0 Å². The number of piperazine rings is 1. The van der Waals surface area contributed by atoms with Crippen LogP contribution in [-0.2, 0) is 4.79 Å². The fourth-order valence-corrected chi connectivity index (χ4v) is 4.82. The highest BCUT2D eigenvalue weighted by atomic mass is 35.5. The van der Waals surface area contributed by atoms with Crippen molar-refractivity contribution in [2.75, 3.05) is 51.2 Å². The van der Waals surface area contributed by atoms with Gasteiger partial charge in [-0.2, -0.15) is 0 Å². The van der Waals surface area contributed by atoms with Gasteiger partial charge in [0.25, 0.3) is 0 Å². The van der Waals surface area contributed by atoms with E-state index in [1.165, 1.54) is 0 Å². The van der Waals surface area contributed by atoms with E-state index in [0.29, 0.717) is 16.6 Å². The molecule has 8 heteroatoms. The number of hydrogen-bond acceptors (Lipinski definition) is 5. The second kappa shape index (κ2) is 10.1. The van der Waals surface area contributed by atoms with Crippen molar-refractivity contribution in [3.05, 3.63) is 64.4 Å². The van der Waals surface area contributed by atoms with Crippen LogP contribution in [0.5, 0.6) is 0 Å². The Morgan fingerprint density at radius 1 is 1.16 bits per heavy atom. The molecule has 4 rings (SSSR count). The lowest BCUT2D eigenvalue weighted by atomic mass is 10.0. The van der Waals surface area contributed by atoms with Gasteiger partial charge in [-0.25, -0.2) is 0 Å². The van der Waals surface area contributed by atoms with Crippen molar-refractivity contribution in [2.45, 2.75) is 13.0 Å². The third-order valence-corrected chi connectivity index (χ3v) is 7.29. The maximum atomic E-state index is 12.9. The zero-order chi connectivity index (χ0) is 22.7. The second-order valence-electron chi connectivity index (χ2n) is 8.36. The van der Waals surface area contributed by atoms with E-state index in [-0.39, 0.29) is 17.9 Å².